The summed E-state index contributed by atoms with van der Waals surface area (Å²) < 4.78 is 41.5. The van der Waals surface area contributed by atoms with E-state index >= 15 is 0 Å². The second kappa shape index (κ2) is 3.20. The summed E-state index contributed by atoms with van der Waals surface area (Å²) in [5, 5.41) is 0. The summed E-state index contributed by atoms with van der Waals surface area (Å²) >= 11 is 0. The zero-order valence-corrected chi connectivity index (χ0v) is 6.93. The van der Waals surface area contributed by atoms with E-state index in [1.54, 1.807) is 0 Å². The molecule has 0 aliphatic heterocycles. The van der Waals surface area contributed by atoms with Crippen LogP contribution in [0.1, 0.15) is 0 Å². The van der Waals surface area contributed by atoms with Gasteiger partial charge in [0.05, 0.1) is 12.9 Å². The first-order chi connectivity index (χ1) is 5.95. The largest absolute Gasteiger partial charge is 0.513 e. The third-order valence-corrected chi connectivity index (χ3v) is 1.61. The van der Waals surface area contributed by atoms with Crippen LogP contribution in [0.4, 0.5) is 18.6 Å². The summed E-state index contributed by atoms with van der Waals surface area (Å²) in [6.45, 7) is -5.03. The van der Waals surface area contributed by atoms with Gasteiger partial charge in [0.25, 0.3) is 0 Å². The molecular weight excluding hydrogens is 182 g/mol. The monoisotopic (exact) mass is 190 g/mol. The van der Waals surface area contributed by atoms with Gasteiger partial charge in [0.15, 0.2) is 0 Å². The standard InChI is InChI=1S/C7H8BF3NO/c1-13-7-4-5(12)2-3-6(7)8(9,10)11/h2-4H,12H2,1H3/q-1. The number of rotatable bonds is 2. The minimum atomic E-state index is -5.03. The minimum Gasteiger partial charge on any atom is -0.500 e. The van der Waals surface area contributed by atoms with Crippen molar-refractivity contribution in [2.45, 2.75) is 0 Å². The van der Waals surface area contributed by atoms with Crippen molar-refractivity contribution >= 4 is 18.1 Å². The highest BCUT2D eigenvalue weighted by Gasteiger charge is 2.28. The molecule has 2 nitrogen and oxygen atoms in total. The molecule has 0 atom stereocenters. The topological polar surface area (TPSA) is 35.2 Å². The smallest absolute Gasteiger partial charge is 0.500 e. The molecular formula is C7H8BF3NO-. The molecule has 0 saturated carbocycles. The van der Waals surface area contributed by atoms with Crippen molar-refractivity contribution in [2.24, 2.45) is 0 Å². The highest BCUT2D eigenvalue weighted by molar-refractivity contribution is 6.74. The van der Waals surface area contributed by atoms with Crippen LogP contribution in [-0.2, 0) is 0 Å². The number of nitrogens with two attached hydrogens (primary N) is 1. The molecule has 1 rings (SSSR count). The first-order valence-corrected chi connectivity index (χ1v) is 3.58. The summed E-state index contributed by atoms with van der Waals surface area (Å²) in [5.74, 6) is -0.229. The lowest BCUT2D eigenvalue weighted by Crippen LogP contribution is -2.35. The van der Waals surface area contributed by atoms with Crippen LogP contribution >= 0.6 is 0 Å². The zero-order valence-electron chi connectivity index (χ0n) is 6.93. The molecule has 1 aromatic carbocycles. The van der Waals surface area contributed by atoms with Gasteiger partial charge >= 0.3 is 6.98 Å². The second-order valence-electron chi connectivity index (χ2n) is 2.58. The third-order valence-electron chi connectivity index (χ3n) is 1.61. The lowest BCUT2D eigenvalue weighted by Gasteiger charge is -2.18. The van der Waals surface area contributed by atoms with E-state index in [2.05, 4.69) is 4.74 Å². The molecule has 13 heavy (non-hydrogen) atoms. The van der Waals surface area contributed by atoms with E-state index in [-0.39, 0.29) is 11.4 Å². The van der Waals surface area contributed by atoms with Gasteiger partial charge in [-0.05, 0) is 6.07 Å². The Bertz CT molecular complexity index is 313. The van der Waals surface area contributed by atoms with Gasteiger partial charge in [-0.3, -0.25) is 0 Å². The Morgan fingerprint density at radius 1 is 1.31 bits per heavy atom. The Hall–Kier alpha value is -1.33. The van der Waals surface area contributed by atoms with Crippen LogP contribution in [0.15, 0.2) is 18.2 Å². The Labute approximate surface area is 73.6 Å². The van der Waals surface area contributed by atoms with E-state index in [0.717, 1.165) is 12.1 Å². The maximum Gasteiger partial charge on any atom is 0.513 e. The molecule has 0 heterocycles. The fourth-order valence-corrected chi connectivity index (χ4v) is 0.998. The van der Waals surface area contributed by atoms with E-state index in [1.165, 1.54) is 13.2 Å². The lowest BCUT2D eigenvalue weighted by molar-refractivity contribution is 0.413. The molecule has 0 spiro atoms. The quantitative estimate of drug-likeness (QED) is 0.563. The molecule has 0 amide bonds. The fourth-order valence-electron chi connectivity index (χ4n) is 0.998. The summed E-state index contributed by atoms with van der Waals surface area (Å²) in [7, 11) is 1.18. The van der Waals surface area contributed by atoms with Gasteiger partial charge in [-0.25, -0.2) is 0 Å². The molecule has 0 aliphatic carbocycles. The molecule has 0 unspecified atom stereocenters. The number of hydrogen-bond acceptors (Lipinski definition) is 2. The first kappa shape index (κ1) is 9.76. The van der Waals surface area contributed by atoms with E-state index in [1.807, 2.05) is 0 Å². The van der Waals surface area contributed by atoms with Crippen LogP contribution in [0.3, 0.4) is 0 Å². The maximum absolute atomic E-state index is 12.3. The van der Waals surface area contributed by atoms with Crippen LogP contribution in [-0.4, -0.2) is 14.1 Å². The summed E-state index contributed by atoms with van der Waals surface area (Å²) in [5.41, 5.74) is 4.80. The van der Waals surface area contributed by atoms with Crippen LogP contribution < -0.4 is 15.9 Å². The number of halogens is 3. The summed E-state index contributed by atoms with van der Waals surface area (Å²) in [6.07, 6.45) is 0. The van der Waals surface area contributed by atoms with E-state index in [9.17, 15) is 12.9 Å². The van der Waals surface area contributed by atoms with Crippen molar-refractivity contribution < 1.29 is 17.7 Å². The van der Waals surface area contributed by atoms with Gasteiger partial charge in [0, 0.05) is 11.8 Å². The van der Waals surface area contributed by atoms with Crippen molar-refractivity contribution in [1.82, 2.24) is 0 Å². The first-order valence-electron chi connectivity index (χ1n) is 3.58. The number of methoxy groups -OCH3 is 1. The van der Waals surface area contributed by atoms with E-state index in [4.69, 9.17) is 5.73 Å². The van der Waals surface area contributed by atoms with Crippen LogP contribution in [0.5, 0.6) is 5.75 Å². The Kier molecular flexibility index (Phi) is 2.40. The zero-order chi connectivity index (χ0) is 10.1. The maximum atomic E-state index is 12.3. The molecule has 2 N–H and O–H groups in total. The highest BCUT2D eigenvalue weighted by Crippen LogP contribution is 2.19. The van der Waals surface area contributed by atoms with Crippen molar-refractivity contribution in [1.29, 1.82) is 0 Å². The number of anilines is 1. The molecule has 0 fully saturated rings. The number of benzene rings is 1. The molecule has 0 radical (unpaired) electrons. The SMILES string of the molecule is COc1cc(N)ccc1[B-](F)(F)F. The molecule has 0 aromatic heterocycles. The average Bonchev–Trinajstić information content (AvgIpc) is 2.01. The average molecular weight is 190 g/mol. The number of ether oxygens (including phenoxy) is 1. The second-order valence-corrected chi connectivity index (χ2v) is 2.58. The Morgan fingerprint density at radius 2 is 1.92 bits per heavy atom. The van der Waals surface area contributed by atoms with Crippen LogP contribution in [0, 0.1) is 0 Å². The summed E-state index contributed by atoms with van der Waals surface area (Å²) in [6, 6.07) is 3.28. The van der Waals surface area contributed by atoms with Crippen molar-refractivity contribution in [2.75, 3.05) is 12.8 Å². The van der Waals surface area contributed by atoms with Gasteiger partial charge in [-0.2, -0.15) is 0 Å². The van der Waals surface area contributed by atoms with Gasteiger partial charge in [-0.1, -0.05) is 11.5 Å². The minimum absolute atomic E-state index is 0.229. The Balaban J connectivity index is 3.22. The number of nitrogen functional groups attached to an aromatic ring is 1. The highest BCUT2D eigenvalue weighted by atomic mass is 19.4. The number of hydrogen-bond donors (Lipinski definition) is 1. The van der Waals surface area contributed by atoms with Crippen molar-refractivity contribution in [3.05, 3.63) is 18.2 Å². The lowest BCUT2D eigenvalue weighted by atomic mass is 9.79. The predicted octanol–water partition coefficient (Wildman–Crippen LogP) is 1.33. The van der Waals surface area contributed by atoms with Gasteiger partial charge < -0.3 is 23.4 Å². The van der Waals surface area contributed by atoms with E-state index < -0.39 is 12.4 Å². The van der Waals surface area contributed by atoms with E-state index in [0.29, 0.717) is 0 Å². The van der Waals surface area contributed by atoms with Gasteiger partial charge in [-0.15, -0.1) is 0 Å². The molecule has 1 aromatic rings. The van der Waals surface area contributed by atoms with Crippen LogP contribution in [0.25, 0.3) is 0 Å². The third kappa shape index (κ3) is 2.08. The molecule has 0 bridgehead atoms. The van der Waals surface area contributed by atoms with Crippen LogP contribution in [0.2, 0.25) is 0 Å². The van der Waals surface area contributed by atoms with Crippen molar-refractivity contribution in [3.63, 3.8) is 0 Å². The predicted molar refractivity (Wildman–Crippen MR) is 46.1 cm³/mol. The van der Waals surface area contributed by atoms with Crippen molar-refractivity contribution in [3.8, 4) is 5.75 Å². The molecule has 72 valence electrons. The molecule has 0 aliphatic rings. The fraction of sp³-hybridized carbons (Fsp3) is 0.143. The summed E-state index contributed by atoms with van der Waals surface area (Å²) in [4.78, 5) is 0. The molecule has 0 saturated heterocycles. The Morgan fingerprint density at radius 3 is 2.38 bits per heavy atom. The normalized spacial score (nSPS) is 11.4. The van der Waals surface area contributed by atoms with Gasteiger partial charge in [0.2, 0.25) is 0 Å². The molecule has 6 heteroatoms. The van der Waals surface area contributed by atoms with Gasteiger partial charge in [0.1, 0.15) is 0 Å².